The van der Waals surface area contributed by atoms with Crippen LogP contribution < -0.4 is 15.2 Å². The third-order valence-corrected chi connectivity index (χ3v) is 3.78. The van der Waals surface area contributed by atoms with Crippen LogP contribution in [0.15, 0.2) is 23.6 Å². The maximum atomic E-state index is 5.78. The number of nitrogens with zero attached hydrogens (tertiary/aromatic N) is 1. The number of aromatic nitrogens is 1. The molecule has 2 N–H and O–H groups in total. The molecule has 0 aliphatic heterocycles. The monoisotopic (exact) mass is 278 g/mol. The van der Waals surface area contributed by atoms with Crippen LogP contribution in [0.2, 0.25) is 0 Å². The Kier molecular flexibility index (Phi) is 4.76. The molecule has 0 bridgehead atoms. The SMILES string of the molecule is CCc1nc(COc2cc(CN)ccc2OC)cs1. The molecule has 0 aliphatic rings. The Hall–Kier alpha value is -1.59. The topological polar surface area (TPSA) is 57.4 Å². The Labute approximate surface area is 117 Å². The van der Waals surface area contributed by atoms with Gasteiger partial charge in [-0.3, -0.25) is 0 Å². The molecule has 0 unspecified atom stereocenters. The van der Waals surface area contributed by atoms with E-state index in [4.69, 9.17) is 15.2 Å². The first-order valence-corrected chi connectivity index (χ1v) is 7.07. The van der Waals surface area contributed by atoms with Gasteiger partial charge in [-0.1, -0.05) is 13.0 Å². The van der Waals surface area contributed by atoms with Crippen LogP contribution in [0.3, 0.4) is 0 Å². The fourth-order valence-electron chi connectivity index (χ4n) is 1.69. The third-order valence-electron chi connectivity index (χ3n) is 2.74. The average Bonchev–Trinajstić information content (AvgIpc) is 2.92. The molecule has 0 saturated carbocycles. The quantitative estimate of drug-likeness (QED) is 0.882. The van der Waals surface area contributed by atoms with Gasteiger partial charge in [-0.2, -0.15) is 0 Å². The molecule has 2 aromatic rings. The van der Waals surface area contributed by atoms with Gasteiger partial charge < -0.3 is 15.2 Å². The lowest BCUT2D eigenvalue weighted by molar-refractivity contribution is 0.281. The molecule has 4 nitrogen and oxygen atoms in total. The number of nitrogens with two attached hydrogens (primary N) is 1. The first-order chi connectivity index (χ1) is 9.26. The van der Waals surface area contributed by atoms with Gasteiger partial charge in [0.1, 0.15) is 6.61 Å². The molecule has 0 amide bonds. The molecule has 102 valence electrons. The second-order valence-electron chi connectivity index (χ2n) is 4.06. The van der Waals surface area contributed by atoms with Crippen molar-refractivity contribution in [3.8, 4) is 11.5 Å². The number of thiazole rings is 1. The fourth-order valence-corrected chi connectivity index (χ4v) is 2.42. The van der Waals surface area contributed by atoms with Crippen LogP contribution in [-0.2, 0) is 19.6 Å². The molecule has 0 radical (unpaired) electrons. The molecule has 0 saturated heterocycles. The maximum absolute atomic E-state index is 5.78. The summed E-state index contributed by atoms with van der Waals surface area (Å²) in [7, 11) is 1.63. The number of aryl methyl sites for hydroxylation is 1. The van der Waals surface area contributed by atoms with Crippen molar-refractivity contribution in [2.75, 3.05) is 7.11 Å². The Morgan fingerprint density at radius 2 is 2.16 bits per heavy atom. The Morgan fingerprint density at radius 1 is 1.32 bits per heavy atom. The first-order valence-electron chi connectivity index (χ1n) is 6.19. The summed E-state index contributed by atoms with van der Waals surface area (Å²) < 4.78 is 11.1. The van der Waals surface area contributed by atoms with Crippen molar-refractivity contribution in [3.63, 3.8) is 0 Å². The predicted octanol–water partition coefficient (Wildman–Crippen LogP) is 2.75. The lowest BCUT2D eigenvalue weighted by atomic mass is 10.2. The highest BCUT2D eigenvalue weighted by atomic mass is 32.1. The molecule has 1 aromatic heterocycles. The van der Waals surface area contributed by atoms with E-state index < -0.39 is 0 Å². The van der Waals surface area contributed by atoms with Crippen LogP contribution in [0.1, 0.15) is 23.2 Å². The smallest absolute Gasteiger partial charge is 0.162 e. The fraction of sp³-hybridized carbons (Fsp3) is 0.357. The van der Waals surface area contributed by atoms with E-state index in [0.717, 1.165) is 22.7 Å². The molecule has 1 aromatic carbocycles. The number of ether oxygens (including phenoxy) is 2. The summed E-state index contributed by atoms with van der Waals surface area (Å²) in [6.45, 7) is 3.02. The second kappa shape index (κ2) is 6.54. The van der Waals surface area contributed by atoms with Gasteiger partial charge in [-0.15, -0.1) is 11.3 Å². The second-order valence-corrected chi connectivity index (χ2v) is 5.01. The molecule has 0 aliphatic carbocycles. The Morgan fingerprint density at radius 3 is 2.79 bits per heavy atom. The van der Waals surface area contributed by atoms with Gasteiger partial charge in [0, 0.05) is 11.9 Å². The highest BCUT2D eigenvalue weighted by Crippen LogP contribution is 2.28. The normalized spacial score (nSPS) is 10.5. The van der Waals surface area contributed by atoms with Gasteiger partial charge in [-0.25, -0.2) is 4.98 Å². The molecular weight excluding hydrogens is 260 g/mol. The maximum Gasteiger partial charge on any atom is 0.162 e. The number of rotatable bonds is 6. The Balaban J connectivity index is 2.09. The van der Waals surface area contributed by atoms with Gasteiger partial charge in [0.15, 0.2) is 11.5 Å². The summed E-state index contributed by atoms with van der Waals surface area (Å²) in [6.07, 6.45) is 0.955. The molecule has 5 heteroatoms. The van der Waals surface area contributed by atoms with Gasteiger partial charge in [0.05, 0.1) is 17.8 Å². The van der Waals surface area contributed by atoms with Crippen molar-refractivity contribution < 1.29 is 9.47 Å². The van der Waals surface area contributed by atoms with Crippen molar-refractivity contribution in [1.29, 1.82) is 0 Å². The highest BCUT2D eigenvalue weighted by molar-refractivity contribution is 7.09. The summed E-state index contributed by atoms with van der Waals surface area (Å²) in [5.74, 6) is 1.42. The van der Waals surface area contributed by atoms with E-state index in [0.29, 0.717) is 24.7 Å². The molecule has 19 heavy (non-hydrogen) atoms. The van der Waals surface area contributed by atoms with E-state index in [2.05, 4.69) is 11.9 Å². The summed E-state index contributed by atoms with van der Waals surface area (Å²) in [5.41, 5.74) is 7.60. The number of methoxy groups -OCH3 is 1. The lowest BCUT2D eigenvalue weighted by Crippen LogP contribution is -2.01. The minimum atomic E-state index is 0.445. The molecule has 0 atom stereocenters. The number of hydrogen-bond donors (Lipinski definition) is 1. The van der Waals surface area contributed by atoms with Crippen molar-refractivity contribution in [2.24, 2.45) is 5.73 Å². The number of benzene rings is 1. The number of hydrogen-bond acceptors (Lipinski definition) is 5. The van der Waals surface area contributed by atoms with Crippen LogP contribution in [0.5, 0.6) is 11.5 Å². The summed E-state index contributed by atoms with van der Waals surface area (Å²) >= 11 is 1.66. The van der Waals surface area contributed by atoms with Crippen LogP contribution in [-0.4, -0.2) is 12.1 Å². The molecular formula is C14H18N2O2S. The zero-order chi connectivity index (χ0) is 13.7. The largest absolute Gasteiger partial charge is 0.493 e. The minimum Gasteiger partial charge on any atom is -0.493 e. The van der Waals surface area contributed by atoms with Crippen molar-refractivity contribution in [2.45, 2.75) is 26.5 Å². The average molecular weight is 278 g/mol. The van der Waals surface area contributed by atoms with Crippen LogP contribution in [0.4, 0.5) is 0 Å². The highest BCUT2D eigenvalue weighted by Gasteiger charge is 2.07. The van der Waals surface area contributed by atoms with Crippen LogP contribution >= 0.6 is 11.3 Å². The summed E-state index contributed by atoms with van der Waals surface area (Å²) in [6, 6.07) is 5.71. The van der Waals surface area contributed by atoms with Gasteiger partial charge in [0.2, 0.25) is 0 Å². The Bertz CT molecular complexity index is 540. The molecule has 1 heterocycles. The van der Waals surface area contributed by atoms with E-state index >= 15 is 0 Å². The zero-order valence-corrected chi connectivity index (χ0v) is 12.0. The van der Waals surface area contributed by atoms with Crippen molar-refractivity contribution in [1.82, 2.24) is 4.98 Å². The van der Waals surface area contributed by atoms with E-state index in [1.54, 1.807) is 18.4 Å². The lowest BCUT2D eigenvalue weighted by Gasteiger charge is -2.11. The van der Waals surface area contributed by atoms with Crippen molar-refractivity contribution in [3.05, 3.63) is 39.8 Å². The standard InChI is InChI=1S/C14H18N2O2S/c1-3-14-16-11(9-19-14)8-18-13-6-10(7-15)4-5-12(13)17-2/h4-6,9H,3,7-8,15H2,1-2H3. The van der Waals surface area contributed by atoms with Gasteiger partial charge in [-0.05, 0) is 24.1 Å². The van der Waals surface area contributed by atoms with E-state index in [1.807, 2.05) is 23.6 Å². The third kappa shape index (κ3) is 3.45. The van der Waals surface area contributed by atoms with Crippen LogP contribution in [0.25, 0.3) is 0 Å². The van der Waals surface area contributed by atoms with E-state index in [-0.39, 0.29) is 0 Å². The summed E-state index contributed by atoms with van der Waals surface area (Å²) in [4.78, 5) is 4.47. The van der Waals surface area contributed by atoms with Gasteiger partial charge in [0.25, 0.3) is 0 Å². The van der Waals surface area contributed by atoms with Crippen molar-refractivity contribution >= 4 is 11.3 Å². The summed E-state index contributed by atoms with van der Waals surface area (Å²) in [5, 5.41) is 3.15. The molecule has 0 spiro atoms. The molecule has 0 fully saturated rings. The predicted molar refractivity (Wildman–Crippen MR) is 76.7 cm³/mol. The molecule has 2 rings (SSSR count). The van der Waals surface area contributed by atoms with Crippen LogP contribution in [0, 0.1) is 0 Å². The minimum absolute atomic E-state index is 0.445. The van der Waals surface area contributed by atoms with E-state index in [1.165, 1.54) is 0 Å². The van der Waals surface area contributed by atoms with E-state index in [9.17, 15) is 0 Å². The first kappa shape index (κ1) is 13.8. The van der Waals surface area contributed by atoms with Gasteiger partial charge >= 0.3 is 0 Å². The zero-order valence-electron chi connectivity index (χ0n) is 11.2.